The monoisotopic (exact) mass is 438 g/mol. The first-order valence-electron chi connectivity index (χ1n) is 10.9. The topological polar surface area (TPSA) is 105 Å². The molecule has 0 spiro atoms. The molecule has 3 rings (SSSR count). The fourth-order valence-corrected chi connectivity index (χ4v) is 3.98. The number of aliphatic carboxylic acids is 1. The van der Waals surface area contributed by atoms with E-state index in [0.29, 0.717) is 6.42 Å². The first-order valence-corrected chi connectivity index (χ1v) is 10.9. The minimum absolute atomic E-state index is 0.0122. The van der Waals surface area contributed by atoms with Crippen molar-refractivity contribution in [2.45, 2.75) is 39.2 Å². The first-order chi connectivity index (χ1) is 15.3. The van der Waals surface area contributed by atoms with Crippen LogP contribution in [0.2, 0.25) is 0 Å². The van der Waals surface area contributed by atoms with Crippen LogP contribution in [0.1, 0.15) is 44.2 Å². The number of carbonyl (C=O) groups is 3. The van der Waals surface area contributed by atoms with Gasteiger partial charge in [-0.25, -0.2) is 9.59 Å². The molecule has 2 aromatic rings. The summed E-state index contributed by atoms with van der Waals surface area (Å²) in [7, 11) is 0. The van der Waals surface area contributed by atoms with Crippen molar-refractivity contribution in [3.8, 4) is 11.1 Å². The van der Waals surface area contributed by atoms with Crippen molar-refractivity contribution in [3.63, 3.8) is 0 Å². The summed E-state index contributed by atoms with van der Waals surface area (Å²) in [4.78, 5) is 35.7. The quantitative estimate of drug-likeness (QED) is 0.553. The molecule has 0 saturated carbocycles. The minimum atomic E-state index is -1.06. The van der Waals surface area contributed by atoms with Crippen LogP contribution in [0.4, 0.5) is 4.79 Å². The van der Waals surface area contributed by atoms with Gasteiger partial charge in [-0.1, -0.05) is 69.3 Å². The summed E-state index contributed by atoms with van der Waals surface area (Å²) in [5.74, 6) is -2.08. The summed E-state index contributed by atoms with van der Waals surface area (Å²) in [5, 5.41) is 14.4. The Bertz CT molecular complexity index is 942. The first kappa shape index (κ1) is 23.3. The van der Waals surface area contributed by atoms with E-state index in [4.69, 9.17) is 4.74 Å². The van der Waals surface area contributed by atoms with Crippen LogP contribution in [0.5, 0.6) is 0 Å². The van der Waals surface area contributed by atoms with Gasteiger partial charge in [0.05, 0.1) is 0 Å². The minimum Gasteiger partial charge on any atom is -0.480 e. The smallest absolute Gasteiger partial charge is 0.407 e. The Labute approximate surface area is 188 Å². The van der Waals surface area contributed by atoms with E-state index in [9.17, 15) is 19.5 Å². The maximum absolute atomic E-state index is 12.3. The van der Waals surface area contributed by atoms with E-state index in [0.717, 1.165) is 22.3 Å². The normalized spacial score (nSPS) is 14.2. The average Bonchev–Trinajstić information content (AvgIpc) is 3.09. The number of carboxylic acid groups (broad SMARTS) is 1. The van der Waals surface area contributed by atoms with E-state index in [-0.39, 0.29) is 30.9 Å². The maximum Gasteiger partial charge on any atom is 0.407 e. The summed E-state index contributed by atoms with van der Waals surface area (Å²) < 4.78 is 5.48. The number of carboxylic acids is 1. The molecule has 3 N–H and O–H groups in total. The van der Waals surface area contributed by atoms with Crippen LogP contribution in [-0.4, -0.2) is 42.3 Å². The lowest BCUT2D eigenvalue weighted by atomic mass is 9.98. The zero-order chi connectivity index (χ0) is 23.3. The average molecular weight is 439 g/mol. The third-order valence-electron chi connectivity index (χ3n) is 5.87. The van der Waals surface area contributed by atoms with Gasteiger partial charge in [0, 0.05) is 18.4 Å². The van der Waals surface area contributed by atoms with Gasteiger partial charge in [0.2, 0.25) is 5.91 Å². The highest BCUT2D eigenvalue weighted by Gasteiger charge is 2.29. The van der Waals surface area contributed by atoms with Crippen LogP contribution in [0.25, 0.3) is 11.1 Å². The number of ether oxygens (including phenoxy) is 1. The molecular formula is C25H30N2O5. The van der Waals surface area contributed by atoms with Crippen LogP contribution in [-0.2, 0) is 14.3 Å². The van der Waals surface area contributed by atoms with Crippen LogP contribution in [0.15, 0.2) is 48.5 Å². The van der Waals surface area contributed by atoms with Crippen LogP contribution in [0, 0.1) is 11.8 Å². The molecule has 2 atom stereocenters. The Morgan fingerprint density at radius 3 is 2.06 bits per heavy atom. The summed E-state index contributed by atoms with van der Waals surface area (Å²) >= 11 is 0. The molecule has 0 aromatic heterocycles. The van der Waals surface area contributed by atoms with E-state index in [2.05, 4.69) is 34.9 Å². The van der Waals surface area contributed by atoms with Gasteiger partial charge in [-0.2, -0.15) is 0 Å². The summed E-state index contributed by atoms with van der Waals surface area (Å²) in [6.45, 7) is 5.66. The lowest BCUT2D eigenvalue weighted by Crippen LogP contribution is -2.46. The number of benzene rings is 2. The summed E-state index contributed by atoms with van der Waals surface area (Å²) in [5.41, 5.74) is 4.62. The Kier molecular flexibility index (Phi) is 7.51. The van der Waals surface area contributed by atoms with Crippen LogP contribution in [0.3, 0.4) is 0 Å². The highest BCUT2D eigenvalue weighted by Crippen LogP contribution is 2.44. The Morgan fingerprint density at radius 1 is 0.969 bits per heavy atom. The van der Waals surface area contributed by atoms with Crippen LogP contribution >= 0.6 is 0 Å². The molecule has 32 heavy (non-hydrogen) atoms. The third kappa shape index (κ3) is 5.28. The Morgan fingerprint density at radius 2 is 1.53 bits per heavy atom. The Balaban J connectivity index is 1.47. The fourth-order valence-electron chi connectivity index (χ4n) is 3.98. The number of carbonyl (C=O) groups excluding carboxylic acids is 2. The predicted octanol–water partition coefficient (Wildman–Crippen LogP) is 3.78. The molecule has 0 bridgehead atoms. The number of rotatable bonds is 9. The zero-order valence-corrected chi connectivity index (χ0v) is 18.6. The van der Waals surface area contributed by atoms with Gasteiger partial charge < -0.3 is 20.5 Å². The van der Waals surface area contributed by atoms with Crippen molar-refractivity contribution < 1.29 is 24.2 Å². The molecule has 0 aliphatic heterocycles. The number of nitrogens with one attached hydrogen (secondary N) is 2. The van der Waals surface area contributed by atoms with Gasteiger partial charge in [0.25, 0.3) is 0 Å². The SMILES string of the molecule is CC(CCNC(=O)OCC1c2ccccc2-c2ccccc21)C(=O)NC(C(=O)O)C(C)C. The highest BCUT2D eigenvalue weighted by atomic mass is 16.5. The van der Waals surface area contributed by atoms with Gasteiger partial charge in [-0.3, -0.25) is 4.79 Å². The zero-order valence-electron chi connectivity index (χ0n) is 18.6. The molecule has 1 aliphatic rings. The van der Waals surface area contributed by atoms with E-state index in [1.165, 1.54) is 0 Å². The number of amides is 2. The van der Waals surface area contributed by atoms with Gasteiger partial charge >= 0.3 is 12.1 Å². The molecular weight excluding hydrogens is 408 g/mol. The molecule has 7 heteroatoms. The molecule has 170 valence electrons. The molecule has 2 unspecified atom stereocenters. The van der Waals surface area contributed by atoms with Crippen molar-refractivity contribution >= 4 is 18.0 Å². The number of alkyl carbamates (subject to hydrolysis) is 1. The molecule has 2 aromatic carbocycles. The van der Waals surface area contributed by atoms with Crippen molar-refractivity contribution in [2.24, 2.45) is 11.8 Å². The number of hydrogen-bond donors (Lipinski definition) is 3. The largest absolute Gasteiger partial charge is 0.480 e. The van der Waals surface area contributed by atoms with E-state index in [1.807, 2.05) is 24.3 Å². The van der Waals surface area contributed by atoms with Gasteiger partial charge in [0.1, 0.15) is 12.6 Å². The summed E-state index contributed by atoms with van der Waals surface area (Å²) in [6.07, 6.45) is -0.162. The lowest BCUT2D eigenvalue weighted by Gasteiger charge is -2.20. The van der Waals surface area contributed by atoms with Crippen molar-refractivity contribution in [1.82, 2.24) is 10.6 Å². The van der Waals surface area contributed by atoms with Crippen molar-refractivity contribution in [3.05, 3.63) is 59.7 Å². The van der Waals surface area contributed by atoms with Gasteiger partial charge in [-0.15, -0.1) is 0 Å². The maximum atomic E-state index is 12.3. The van der Waals surface area contributed by atoms with E-state index in [1.54, 1.807) is 20.8 Å². The second-order valence-electron chi connectivity index (χ2n) is 8.51. The number of hydrogen-bond acceptors (Lipinski definition) is 4. The van der Waals surface area contributed by atoms with Crippen molar-refractivity contribution in [2.75, 3.05) is 13.2 Å². The molecule has 7 nitrogen and oxygen atoms in total. The van der Waals surface area contributed by atoms with Gasteiger partial charge in [0.15, 0.2) is 0 Å². The molecule has 0 heterocycles. The molecule has 0 fully saturated rings. The van der Waals surface area contributed by atoms with E-state index < -0.39 is 24.0 Å². The summed E-state index contributed by atoms with van der Waals surface area (Å²) in [6, 6.07) is 15.3. The molecule has 1 aliphatic carbocycles. The third-order valence-corrected chi connectivity index (χ3v) is 5.87. The van der Waals surface area contributed by atoms with Crippen LogP contribution < -0.4 is 10.6 Å². The second-order valence-corrected chi connectivity index (χ2v) is 8.51. The molecule has 0 saturated heterocycles. The predicted molar refractivity (Wildman–Crippen MR) is 121 cm³/mol. The molecule has 2 amide bonds. The molecule has 0 radical (unpaired) electrons. The lowest BCUT2D eigenvalue weighted by molar-refractivity contribution is -0.143. The Hall–Kier alpha value is -3.35. The van der Waals surface area contributed by atoms with Crippen molar-refractivity contribution in [1.29, 1.82) is 0 Å². The second kappa shape index (κ2) is 10.3. The number of fused-ring (bicyclic) bond motifs is 3. The highest BCUT2D eigenvalue weighted by molar-refractivity contribution is 5.85. The van der Waals surface area contributed by atoms with E-state index >= 15 is 0 Å². The van der Waals surface area contributed by atoms with Gasteiger partial charge in [-0.05, 0) is 34.6 Å². The fraction of sp³-hybridized carbons (Fsp3) is 0.400. The standard InChI is InChI=1S/C25H30N2O5/c1-15(2)22(24(29)30)27-23(28)16(3)12-13-26-25(31)32-14-21-19-10-6-4-8-17(19)18-9-5-7-11-20(18)21/h4-11,15-16,21-22H,12-14H2,1-3H3,(H,26,31)(H,27,28)(H,29,30).